The zero-order chi connectivity index (χ0) is 18.5. The molecular formula is C20H25N5O. The zero-order valence-corrected chi connectivity index (χ0v) is 15.1. The van der Waals surface area contributed by atoms with Crippen molar-refractivity contribution in [3.63, 3.8) is 0 Å². The van der Waals surface area contributed by atoms with E-state index in [0.717, 1.165) is 43.7 Å². The number of pyridine rings is 1. The average Bonchev–Trinajstić information content (AvgIpc) is 2.66. The van der Waals surface area contributed by atoms with Crippen LogP contribution in [-0.4, -0.2) is 24.1 Å². The highest BCUT2D eigenvalue weighted by molar-refractivity contribution is 5.94. The largest absolute Gasteiger partial charge is 0.494 e. The zero-order valence-electron chi connectivity index (χ0n) is 15.1. The Bertz CT molecular complexity index is 707. The molecule has 2 N–H and O–H groups in total. The van der Waals surface area contributed by atoms with E-state index in [4.69, 9.17) is 10.00 Å². The van der Waals surface area contributed by atoms with Crippen molar-refractivity contribution < 1.29 is 4.74 Å². The first-order valence-electron chi connectivity index (χ1n) is 8.84. The molecule has 0 fully saturated rings. The quantitative estimate of drug-likeness (QED) is 0.236. The SMILES string of the molecule is Cc1ccc(OCCCCCCN=C(NC#N)Nc2ccncc2)cc1. The van der Waals surface area contributed by atoms with E-state index in [1.54, 1.807) is 12.4 Å². The van der Waals surface area contributed by atoms with Crippen LogP contribution in [0.15, 0.2) is 53.8 Å². The minimum atomic E-state index is 0.460. The molecule has 2 rings (SSSR count). The molecule has 1 aromatic carbocycles. The second-order valence-electron chi connectivity index (χ2n) is 5.90. The summed E-state index contributed by atoms with van der Waals surface area (Å²) in [6.45, 7) is 3.47. The van der Waals surface area contributed by atoms with Crippen LogP contribution >= 0.6 is 0 Å². The summed E-state index contributed by atoms with van der Waals surface area (Å²) in [5.74, 6) is 1.39. The van der Waals surface area contributed by atoms with Crippen molar-refractivity contribution in [3.8, 4) is 11.9 Å². The maximum atomic E-state index is 8.82. The molecule has 6 nitrogen and oxygen atoms in total. The molecule has 2 aromatic rings. The van der Waals surface area contributed by atoms with Crippen molar-refractivity contribution >= 4 is 11.6 Å². The molecule has 0 aliphatic rings. The van der Waals surface area contributed by atoms with Crippen LogP contribution in [-0.2, 0) is 0 Å². The fraction of sp³-hybridized carbons (Fsp3) is 0.350. The molecular weight excluding hydrogens is 326 g/mol. The molecule has 0 aliphatic carbocycles. The number of nitrogens with one attached hydrogen (secondary N) is 2. The molecule has 0 bridgehead atoms. The Morgan fingerprint density at radius 1 is 1.08 bits per heavy atom. The van der Waals surface area contributed by atoms with Gasteiger partial charge in [-0.15, -0.1) is 0 Å². The first-order chi connectivity index (χ1) is 12.8. The van der Waals surface area contributed by atoms with Gasteiger partial charge in [0.15, 0.2) is 6.19 Å². The van der Waals surface area contributed by atoms with Crippen molar-refractivity contribution in [2.75, 3.05) is 18.5 Å². The number of hydrogen-bond donors (Lipinski definition) is 2. The van der Waals surface area contributed by atoms with Crippen LogP contribution in [0.4, 0.5) is 5.69 Å². The highest BCUT2D eigenvalue weighted by atomic mass is 16.5. The predicted octanol–water partition coefficient (Wildman–Crippen LogP) is 3.87. The maximum Gasteiger partial charge on any atom is 0.209 e. The topological polar surface area (TPSA) is 82.3 Å². The lowest BCUT2D eigenvalue weighted by Crippen LogP contribution is -2.27. The summed E-state index contributed by atoms with van der Waals surface area (Å²) in [5.41, 5.74) is 2.08. The molecule has 1 aromatic heterocycles. The van der Waals surface area contributed by atoms with Crippen molar-refractivity contribution in [1.29, 1.82) is 5.26 Å². The number of ether oxygens (including phenoxy) is 1. The normalized spacial score (nSPS) is 10.8. The number of aliphatic imine (C=N–C) groups is 1. The van der Waals surface area contributed by atoms with Gasteiger partial charge in [-0.25, -0.2) is 0 Å². The molecule has 0 unspecified atom stereocenters. The van der Waals surface area contributed by atoms with Crippen molar-refractivity contribution in [3.05, 3.63) is 54.4 Å². The van der Waals surface area contributed by atoms with E-state index < -0.39 is 0 Å². The van der Waals surface area contributed by atoms with E-state index in [1.807, 2.05) is 30.5 Å². The fourth-order valence-corrected chi connectivity index (χ4v) is 2.32. The number of nitrogens with zero attached hydrogens (tertiary/aromatic N) is 3. The van der Waals surface area contributed by atoms with Gasteiger partial charge < -0.3 is 10.1 Å². The van der Waals surface area contributed by atoms with E-state index in [1.165, 1.54) is 5.56 Å². The first-order valence-corrected chi connectivity index (χ1v) is 8.84. The molecule has 6 heteroatoms. The third kappa shape index (κ3) is 7.67. The third-order valence-corrected chi connectivity index (χ3v) is 3.73. The Kier molecular flexibility index (Phi) is 8.50. The summed E-state index contributed by atoms with van der Waals surface area (Å²) in [5, 5.41) is 14.5. The molecule has 0 atom stereocenters. The summed E-state index contributed by atoms with van der Waals surface area (Å²) in [7, 11) is 0. The van der Waals surface area contributed by atoms with Gasteiger partial charge in [-0.1, -0.05) is 24.1 Å². The van der Waals surface area contributed by atoms with E-state index in [9.17, 15) is 0 Å². The van der Waals surface area contributed by atoms with Crippen molar-refractivity contribution in [1.82, 2.24) is 10.3 Å². The van der Waals surface area contributed by atoms with E-state index in [0.29, 0.717) is 12.5 Å². The number of nitriles is 1. The van der Waals surface area contributed by atoms with Gasteiger partial charge in [-0.2, -0.15) is 5.26 Å². The third-order valence-electron chi connectivity index (χ3n) is 3.73. The summed E-state index contributed by atoms with van der Waals surface area (Å²) in [4.78, 5) is 8.36. The minimum Gasteiger partial charge on any atom is -0.494 e. The predicted molar refractivity (Wildman–Crippen MR) is 104 cm³/mol. The Balaban J connectivity index is 1.59. The van der Waals surface area contributed by atoms with Crippen LogP contribution in [0.25, 0.3) is 0 Å². The number of hydrogen-bond acceptors (Lipinski definition) is 4. The minimum absolute atomic E-state index is 0.460. The fourth-order valence-electron chi connectivity index (χ4n) is 2.32. The lowest BCUT2D eigenvalue weighted by atomic mass is 10.2. The summed E-state index contributed by atoms with van der Waals surface area (Å²) in [6, 6.07) is 11.8. The maximum absolute atomic E-state index is 8.82. The number of guanidine groups is 1. The molecule has 0 amide bonds. The number of anilines is 1. The van der Waals surface area contributed by atoms with E-state index in [-0.39, 0.29) is 0 Å². The molecule has 26 heavy (non-hydrogen) atoms. The highest BCUT2D eigenvalue weighted by Gasteiger charge is 1.99. The average molecular weight is 351 g/mol. The van der Waals surface area contributed by atoms with Crippen LogP contribution in [0, 0.1) is 18.4 Å². The summed E-state index contributed by atoms with van der Waals surface area (Å²) < 4.78 is 5.72. The monoisotopic (exact) mass is 351 g/mol. The van der Waals surface area contributed by atoms with Crippen molar-refractivity contribution in [2.45, 2.75) is 32.6 Å². The Labute approximate surface area is 154 Å². The van der Waals surface area contributed by atoms with Gasteiger partial charge in [-0.3, -0.25) is 15.3 Å². The second-order valence-corrected chi connectivity index (χ2v) is 5.90. The summed E-state index contributed by atoms with van der Waals surface area (Å²) >= 11 is 0. The smallest absolute Gasteiger partial charge is 0.209 e. The van der Waals surface area contributed by atoms with Crippen LogP contribution < -0.4 is 15.4 Å². The van der Waals surface area contributed by atoms with Gasteiger partial charge in [0.25, 0.3) is 0 Å². The summed E-state index contributed by atoms with van der Waals surface area (Å²) in [6.07, 6.45) is 9.44. The molecule has 0 spiro atoms. The lowest BCUT2D eigenvalue weighted by Gasteiger charge is -2.08. The second kappa shape index (κ2) is 11.5. The number of aromatic nitrogens is 1. The molecule has 136 valence electrons. The number of benzene rings is 1. The molecule has 0 aliphatic heterocycles. The van der Waals surface area contributed by atoms with Crippen LogP contribution in [0.1, 0.15) is 31.2 Å². The van der Waals surface area contributed by atoms with Gasteiger partial charge in [0.2, 0.25) is 5.96 Å². The van der Waals surface area contributed by atoms with Crippen LogP contribution in [0.2, 0.25) is 0 Å². The highest BCUT2D eigenvalue weighted by Crippen LogP contribution is 2.12. The lowest BCUT2D eigenvalue weighted by molar-refractivity contribution is 0.305. The first kappa shape index (κ1) is 19.3. The van der Waals surface area contributed by atoms with Gasteiger partial charge in [0.1, 0.15) is 5.75 Å². The molecule has 0 radical (unpaired) electrons. The molecule has 0 saturated carbocycles. The van der Waals surface area contributed by atoms with Crippen LogP contribution in [0.3, 0.4) is 0 Å². The molecule has 1 heterocycles. The Morgan fingerprint density at radius 3 is 2.54 bits per heavy atom. The van der Waals surface area contributed by atoms with E-state index in [2.05, 4.69) is 39.7 Å². The number of unbranched alkanes of at least 4 members (excludes halogenated alkanes) is 3. The van der Waals surface area contributed by atoms with Gasteiger partial charge in [0, 0.05) is 24.6 Å². The van der Waals surface area contributed by atoms with Gasteiger partial charge >= 0.3 is 0 Å². The van der Waals surface area contributed by atoms with Gasteiger partial charge in [-0.05, 0) is 50.5 Å². The Hall–Kier alpha value is -3.07. The number of aryl methyl sites for hydroxylation is 1. The number of rotatable bonds is 9. The standard InChI is InChI=1S/C20H25N5O/c1-17-6-8-19(9-7-17)26-15-5-3-2-4-12-23-20(24-16-21)25-18-10-13-22-14-11-18/h6-11,13-14H,2-5,12,15H2,1H3,(H2,22,23,24,25). The van der Waals surface area contributed by atoms with Gasteiger partial charge in [0.05, 0.1) is 6.61 Å². The molecule has 0 saturated heterocycles. The Morgan fingerprint density at radius 2 is 1.81 bits per heavy atom. The van der Waals surface area contributed by atoms with E-state index >= 15 is 0 Å². The van der Waals surface area contributed by atoms with Crippen LogP contribution in [0.5, 0.6) is 5.75 Å². The van der Waals surface area contributed by atoms with Crippen molar-refractivity contribution in [2.24, 2.45) is 4.99 Å².